The number of piperidine rings is 1. The quantitative estimate of drug-likeness (QED) is 0.0118. The molecule has 4 bridgehead atoms. The third-order valence-corrected chi connectivity index (χ3v) is 20.8. The van der Waals surface area contributed by atoms with Gasteiger partial charge < -0.3 is 85.9 Å². The van der Waals surface area contributed by atoms with E-state index >= 15 is 4.79 Å². The molecule has 5 aliphatic heterocycles. The van der Waals surface area contributed by atoms with Crippen LogP contribution in [0.3, 0.4) is 0 Å². The summed E-state index contributed by atoms with van der Waals surface area (Å²) in [7, 11) is 5.69. The first kappa shape index (κ1) is 78.4. The van der Waals surface area contributed by atoms with Crippen molar-refractivity contribution < 1.29 is 87.0 Å². The molecule has 28 nitrogen and oxygen atoms in total. The number of nitrogens with one attached hydrogen (secondary N) is 5. The fourth-order valence-electron chi connectivity index (χ4n) is 14.2. The molecule has 1 saturated heterocycles. The molecule has 1 aliphatic carbocycles. The number of unbranched alkanes of at least 4 members (excludes halogenated alkanes) is 2. The van der Waals surface area contributed by atoms with Gasteiger partial charge in [0.25, 0.3) is 23.5 Å². The Bertz CT molecular complexity index is 4230. The lowest BCUT2D eigenvalue weighted by Gasteiger charge is -2.43. The number of ketones is 1. The van der Waals surface area contributed by atoms with Crippen molar-refractivity contribution in [2.24, 2.45) is 35.3 Å². The number of Topliss-reactive ketones (excluding diaryl/α,β-unsaturated/α-hetero) is 1. The number of aromatic hydroxyl groups is 2. The molecule has 104 heavy (non-hydrogen) atoms. The molecule has 0 aromatic heterocycles. The van der Waals surface area contributed by atoms with Gasteiger partial charge in [0.2, 0.25) is 23.2 Å². The Morgan fingerprint density at radius 2 is 1.51 bits per heavy atom. The number of imide groups is 1. The number of anilines is 3. The molecule has 0 radical (unpaired) electrons. The SMILES string of the molecule is CO[C@H]1/C=C/O[C@@]2(C)Oc3c(C)c(O)c4c(=O)c(c5oc6cc(N7CCC([N+](C)(C)Cc8ccc(NC(=O)[C@H](CCCNC(N)=O)NC(=O)[C@@H](NC(=O)CCCCCN9C(=O)C=CC9=O)C(C)C)cc8)CC7)cc(O)c6nc-5c4c3C2=O)NC(=O)/C(C)=C\C=C\[C@H](C)[C@H](O)[C@@H](C)[C@@H](O)[C@@H](C)[C@H](O)[C@@H]1C. The number of carbonyl (C=O) groups excluding carboxylic acids is 8. The van der Waals surface area contributed by atoms with Crippen LogP contribution in [0.5, 0.6) is 17.2 Å². The zero-order valence-electron chi connectivity index (χ0n) is 61.0. The number of aliphatic hydroxyl groups excluding tert-OH is 3. The van der Waals surface area contributed by atoms with Gasteiger partial charge in [-0.15, -0.1) is 0 Å². The predicted molar refractivity (Wildman–Crippen MR) is 389 cm³/mol. The molecule has 0 unspecified atom stereocenters. The highest BCUT2D eigenvalue weighted by Gasteiger charge is 2.50. The van der Waals surface area contributed by atoms with Crippen molar-refractivity contribution in [2.45, 2.75) is 169 Å². The molecule has 3 aromatic carbocycles. The summed E-state index contributed by atoms with van der Waals surface area (Å²) < 4.78 is 25.3. The Morgan fingerprint density at radius 1 is 0.846 bits per heavy atom. The average Bonchev–Trinajstić information content (AvgIpc) is 1.31. The van der Waals surface area contributed by atoms with Gasteiger partial charge in [0.15, 0.2) is 11.3 Å². The number of hydrogen-bond acceptors (Lipinski definition) is 20. The highest BCUT2D eigenvalue weighted by atomic mass is 16.7. The van der Waals surface area contributed by atoms with Crippen molar-refractivity contribution in [3.8, 4) is 28.7 Å². The third kappa shape index (κ3) is 17.2. The van der Waals surface area contributed by atoms with Crippen LogP contribution >= 0.6 is 0 Å². The molecule has 28 heteroatoms. The minimum Gasteiger partial charge on any atom is -0.507 e. The Labute approximate surface area is 603 Å². The van der Waals surface area contributed by atoms with Crippen molar-refractivity contribution in [2.75, 3.05) is 62.9 Å². The third-order valence-electron chi connectivity index (χ3n) is 20.8. The Kier molecular flexibility index (Phi) is 24.8. The van der Waals surface area contributed by atoms with E-state index in [0.29, 0.717) is 67.6 Å². The van der Waals surface area contributed by atoms with E-state index in [1.807, 2.05) is 12.1 Å². The number of nitrogens with zero attached hydrogens (tertiary/aromatic N) is 4. The summed E-state index contributed by atoms with van der Waals surface area (Å²) in [5, 5.41) is 71.6. The smallest absolute Gasteiger partial charge is 0.312 e. The number of nitrogens with two attached hydrogens (primary N) is 1. The molecule has 1 fully saturated rings. The number of methoxy groups -OCH3 is 1. The number of phenolic OH excluding ortho intramolecular Hbond substituents is 2. The lowest BCUT2D eigenvalue weighted by atomic mass is 9.78. The number of carbonyl (C=O) groups is 8. The zero-order valence-corrected chi connectivity index (χ0v) is 61.0. The lowest BCUT2D eigenvalue weighted by Crippen LogP contribution is -2.54. The van der Waals surface area contributed by atoms with Gasteiger partial charge in [0.05, 0.1) is 61.8 Å². The zero-order chi connectivity index (χ0) is 76.0. The fraction of sp³-hybridized carbons (Fsp3) is 0.500. The number of aliphatic hydroxyl groups is 3. The second-order valence-electron chi connectivity index (χ2n) is 29.1. The summed E-state index contributed by atoms with van der Waals surface area (Å²) >= 11 is 0. The Balaban J connectivity index is 0.923. The van der Waals surface area contributed by atoms with Gasteiger partial charge in [-0.05, 0) is 63.7 Å². The summed E-state index contributed by atoms with van der Waals surface area (Å²) in [4.78, 5) is 129. The maximum Gasteiger partial charge on any atom is 0.312 e. The van der Waals surface area contributed by atoms with Gasteiger partial charge in [-0.25, -0.2) is 9.78 Å². The van der Waals surface area contributed by atoms with Crippen LogP contribution < -0.4 is 47.4 Å². The van der Waals surface area contributed by atoms with E-state index in [4.69, 9.17) is 29.3 Å². The average molecular weight is 1440 g/mol. The molecule has 11 atom stereocenters. The first-order valence-electron chi connectivity index (χ1n) is 35.4. The molecular weight excluding hydrogens is 1340 g/mol. The maximum absolute atomic E-state index is 15.2. The lowest BCUT2D eigenvalue weighted by molar-refractivity contribution is -0.928. The van der Waals surface area contributed by atoms with E-state index in [9.17, 15) is 63.9 Å². The first-order valence-corrected chi connectivity index (χ1v) is 35.4. The number of hydrogen-bond donors (Lipinski definition) is 11. The van der Waals surface area contributed by atoms with Crippen molar-refractivity contribution >= 4 is 86.2 Å². The highest BCUT2D eigenvalue weighted by molar-refractivity contribution is 6.22. The second kappa shape index (κ2) is 32.9. The van der Waals surface area contributed by atoms with Crippen LogP contribution in [0.1, 0.15) is 128 Å². The number of phenols is 2. The minimum atomic E-state index is -2.12. The van der Waals surface area contributed by atoms with Crippen LogP contribution in [0.2, 0.25) is 0 Å². The van der Waals surface area contributed by atoms with Crippen LogP contribution in [0.15, 0.2) is 93.9 Å². The standard InChI is InChI=1S/C76H98N10O18/c1-39(2)60(81-54(88)21-14-13-15-32-85-55(89)26-27-56(85)90)74(99)80-50(20-17-31-78-75(77)100)73(98)79-47-24-22-46(23-25-47)38-86(10,11)49-28-33-84(34-29-49)48-36-51(87)61-53(37-48)103-70-62(82-61)57-58-67(94)45(8)69-59(57)71(96)76(9,104-69)102-35-30-52(101-12)42(5)65(92)44(7)66(93)43(6)64(91)40(3)18-16-19-41(4)72(97)83-63(70)68(58)95/h16,18-19,22-27,30,35-37,39-40,42-44,49-50,52,60,64-66,91-93H,13-15,17,20-21,28-29,31-34,38H2,1-12H3,(H8-,77,78,79,80,81,82,83,87,88,89,90,94,95,96,97,98,99,100)/p+1/b18-16+,35-30+,41-19-/t40-,42+,43+,44-,50-,52-,60-,64-,65+,66+,76-/m0/s1. The summed E-state index contributed by atoms with van der Waals surface area (Å²) in [5.74, 6) is -10.2. The van der Waals surface area contributed by atoms with Crippen LogP contribution in [-0.2, 0) is 44.8 Å². The van der Waals surface area contributed by atoms with Crippen molar-refractivity contribution in [3.05, 3.63) is 112 Å². The second-order valence-corrected chi connectivity index (χ2v) is 29.1. The van der Waals surface area contributed by atoms with Crippen LogP contribution in [-0.4, -0.2) is 183 Å². The molecule has 5 heterocycles. The number of urea groups is 1. The molecular formula is C76H99N10O18+. The normalized spacial score (nSPS) is 24.6. The number of benzene rings is 4. The monoisotopic (exact) mass is 1440 g/mol. The summed E-state index contributed by atoms with van der Waals surface area (Å²) in [5.41, 5.74) is 5.58. The number of aromatic nitrogens is 1. The number of primary amides is 1. The number of rotatable bonds is 21. The van der Waals surface area contributed by atoms with Gasteiger partial charge in [-0.3, -0.25) is 43.3 Å². The number of quaternary nitrogens is 1. The van der Waals surface area contributed by atoms with Gasteiger partial charge in [-0.2, -0.15) is 0 Å². The van der Waals surface area contributed by atoms with Gasteiger partial charge in [0, 0.05) is 141 Å². The van der Waals surface area contributed by atoms with Crippen molar-refractivity contribution in [1.82, 2.24) is 25.8 Å². The van der Waals surface area contributed by atoms with Gasteiger partial charge in [0.1, 0.15) is 52.8 Å². The topological polar surface area (TPSA) is 401 Å². The van der Waals surface area contributed by atoms with Gasteiger partial charge >= 0.3 is 11.8 Å². The predicted octanol–water partition coefficient (Wildman–Crippen LogP) is 6.83. The van der Waals surface area contributed by atoms with E-state index in [2.05, 4.69) is 45.6 Å². The maximum atomic E-state index is 15.2. The number of amides is 8. The van der Waals surface area contributed by atoms with E-state index in [1.54, 1.807) is 78.0 Å². The first-order chi connectivity index (χ1) is 49.2. The number of fused-ring (bicyclic) bond motifs is 2. The van der Waals surface area contributed by atoms with E-state index in [0.717, 1.165) is 10.5 Å². The molecule has 0 spiro atoms. The summed E-state index contributed by atoms with van der Waals surface area (Å²) in [6.07, 6.45) is 9.01. The number of allylic oxidation sites excluding steroid dienone is 2. The summed E-state index contributed by atoms with van der Waals surface area (Å²) in [6.45, 7) is 16.7. The molecule has 3 aromatic rings. The molecule has 0 saturated carbocycles. The highest BCUT2D eigenvalue weighted by Crippen LogP contribution is 2.51. The Morgan fingerprint density at radius 3 is 2.16 bits per heavy atom. The molecule has 8 amide bonds. The van der Waals surface area contributed by atoms with Crippen LogP contribution in [0.25, 0.3) is 33.3 Å². The van der Waals surface area contributed by atoms with E-state index < -0.39 is 118 Å². The number of ether oxygens (including phenoxy) is 3. The van der Waals surface area contributed by atoms with Crippen molar-refractivity contribution in [1.29, 1.82) is 0 Å². The fourth-order valence-corrected chi connectivity index (χ4v) is 14.2. The summed E-state index contributed by atoms with van der Waals surface area (Å²) in [6, 6.07) is 7.97. The minimum absolute atomic E-state index is 0.00461. The largest absolute Gasteiger partial charge is 0.507 e. The van der Waals surface area contributed by atoms with Gasteiger partial charge in [-0.1, -0.05) is 78.3 Å². The molecule has 12 N–H and O–H groups in total. The molecule has 560 valence electrons. The van der Waals surface area contributed by atoms with Crippen LogP contribution in [0.4, 0.5) is 21.9 Å². The van der Waals surface area contributed by atoms with E-state index in [-0.39, 0.29) is 118 Å². The van der Waals surface area contributed by atoms with Crippen LogP contribution in [0, 0.1) is 36.5 Å². The molecule has 6 aliphatic rings. The van der Waals surface area contributed by atoms with Crippen molar-refractivity contribution in [3.63, 3.8) is 0 Å². The van der Waals surface area contributed by atoms with E-state index in [1.165, 1.54) is 58.4 Å². The molecule has 9 rings (SSSR count). The Hall–Kier alpha value is -9.74.